The molecule has 0 aliphatic rings. The molecule has 0 bridgehead atoms. The standard InChI is InChI=1S/C12H6BrCl2FN2O/c13-10-2-1-6(5-17-10)12(19)18-11-8(14)3-7(16)4-9(11)15/h1-5H,(H,18,19). The molecule has 0 saturated carbocycles. The van der Waals surface area contributed by atoms with Gasteiger partial charge in [0.05, 0.1) is 21.3 Å². The smallest absolute Gasteiger partial charge is 0.257 e. The average Bonchev–Trinajstić information content (AvgIpc) is 2.34. The molecule has 1 aromatic heterocycles. The van der Waals surface area contributed by atoms with E-state index in [1.807, 2.05) is 0 Å². The summed E-state index contributed by atoms with van der Waals surface area (Å²) in [7, 11) is 0. The van der Waals surface area contributed by atoms with Crippen molar-refractivity contribution in [1.82, 2.24) is 4.98 Å². The molecule has 0 spiro atoms. The van der Waals surface area contributed by atoms with Crippen LogP contribution in [0.4, 0.5) is 10.1 Å². The summed E-state index contributed by atoms with van der Waals surface area (Å²) in [5.41, 5.74) is 0.498. The van der Waals surface area contributed by atoms with Gasteiger partial charge in [0.25, 0.3) is 5.91 Å². The lowest BCUT2D eigenvalue weighted by molar-refractivity contribution is 0.102. The topological polar surface area (TPSA) is 42.0 Å². The van der Waals surface area contributed by atoms with Gasteiger partial charge in [-0.3, -0.25) is 4.79 Å². The molecule has 0 saturated heterocycles. The lowest BCUT2D eigenvalue weighted by Crippen LogP contribution is -2.13. The van der Waals surface area contributed by atoms with Crippen molar-refractivity contribution < 1.29 is 9.18 Å². The summed E-state index contributed by atoms with van der Waals surface area (Å²) in [6.07, 6.45) is 1.39. The molecule has 1 amide bonds. The van der Waals surface area contributed by atoms with E-state index in [4.69, 9.17) is 23.2 Å². The number of anilines is 1. The Morgan fingerprint density at radius 1 is 1.26 bits per heavy atom. The number of carbonyl (C=O) groups excluding carboxylic acids is 1. The minimum Gasteiger partial charge on any atom is -0.319 e. The largest absolute Gasteiger partial charge is 0.319 e. The van der Waals surface area contributed by atoms with Crippen molar-refractivity contribution in [3.05, 3.63) is 56.5 Å². The highest BCUT2D eigenvalue weighted by molar-refractivity contribution is 9.10. The first-order valence-corrected chi connectivity index (χ1v) is 6.59. The molecular formula is C12H6BrCl2FN2O. The van der Waals surface area contributed by atoms with Crippen LogP contribution in [0.5, 0.6) is 0 Å². The molecule has 0 aliphatic heterocycles. The van der Waals surface area contributed by atoms with Crippen LogP contribution in [0.1, 0.15) is 10.4 Å². The molecule has 0 fully saturated rings. The van der Waals surface area contributed by atoms with Crippen LogP contribution >= 0.6 is 39.1 Å². The summed E-state index contributed by atoms with van der Waals surface area (Å²) in [5.74, 6) is -1.01. The number of carbonyl (C=O) groups is 1. The van der Waals surface area contributed by atoms with Crippen LogP contribution in [-0.2, 0) is 0 Å². The molecule has 2 rings (SSSR count). The number of nitrogens with one attached hydrogen (secondary N) is 1. The molecule has 98 valence electrons. The molecule has 0 aliphatic carbocycles. The van der Waals surface area contributed by atoms with Crippen LogP contribution < -0.4 is 5.32 Å². The van der Waals surface area contributed by atoms with Crippen molar-refractivity contribution in [2.75, 3.05) is 5.32 Å². The van der Waals surface area contributed by atoms with E-state index in [0.29, 0.717) is 10.2 Å². The maximum absolute atomic E-state index is 13.0. The minimum absolute atomic E-state index is 0.0309. The van der Waals surface area contributed by atoms with Gasteiger partial charge in [-0.25, -0.2) is 9.37 Å². The summed E-state index contributed by atoms with van der Waals surface area (Å²) < 4.78 is 13.6. The van der Waals surface area contributed by atoms with Crippen molar-refractivity contribution in [1.29, 1.82) is 0 Å². The number of benzene rings is 1. The quantitative estimate of drug-likeness (QED) is 0.795. The van der Waals surface area contributed by atoms with Crippen LogP contribution in [0.25, 0.3) is 0 Å². The molecule has 19 heavy (non-hydrogen) atoms. The Hall–Kier alpha value is -1.17. The third kappa shape index (κ3) is 3.43. The second kappa shape index (κ2) is 5.86. The van der Waals surface area contributed by atoms with E-state index in [0.717, 1.165) is 12.1 Å². The predicted molar refractivity (Wildman–Crippen MR) is 76.3 cm³/mol. The first-order valence-electron chi connectivity index (χ1n) is 5.05. The number of pyridine rings is 1. The predicted octanol–water partition coefficient (Wildman–Crippen LogP) is 4.54. The third-order valence-corrected chi connectivity index (χ3v) is 3.30. The van der Waals surface area contributed by atoms with Crippen LogP contribution in [-0.4, -0.2) is 10.9 Å². The second-order valence-electron chi connectivity index (χ2n) is 3.57. The van der Waals surface area contributed by atoms with Crippen molar-refractivity contribution in [3.63, 3.8) is 0 Å². The highest BCUT2D eigenvalue weighted by Crippen LogP contribution is 2.31. The van der Waals surface area contributed by atoms with Crippen LogP contribution in [0.15, 0.2) is 35.1 Å². The number of amides is 1. The Balaban J connectivity index is 2.26. The maximum Gasteiger partial charge on any atom is 0.257 e. The number of hydrogen-bond donors (Lipinski definition) is 1. The van der Waals surface area contributed by atoms with Crippen molar-refractivity contribution >= 4 is 50.7 Å². The Bertz CT molecular complexity index is 611. The van der Waals surface area contributed by atoms with Gasteiger partial charge in [-0.05, 0) is 40.2 Å². The van der Waals surface area contributed by atoms with Crippen LogP contribution in [0.3, 0.4) is 0 Å². The van der Waals surface area contributed by atoms with Crippen molar-refractivity contribution in [2.45, 2.75) is 0 Å². The van der Waals surface area contributed by atoms with Gasteiger partial charge < -0.3 is 5.32 Å². The molecule has 1 aromatic carbocycles. The SMILES string of the molecule is O=C(Nc1c(Cl)cc(F)cc1Cl)c1ccc(Br)nc1. The summed E-state index contributed by atoms with van der Waals surface area (Å²) in [6.45, 7) is 0. The molecule has 2 aromatic rings. The fraction of sp³-hybridized carbons (Fsp3) is 0. The fourth-order valence-corrected chi connectivity index (χ4v) is 2.15. The summed E-state index contributed by atoms with van der Waals surface area (Å²) in [6, 6.07) is 5.35. The van der Waals surface area contributed by atoms with E-state index in [1.54, 1.807) is 12.1 Å². The van der Waals surface area contributed by atoms with Crippen molar-refractivity contribution in [2.24, 2.45) is 0 Å². The van der Waals surface area contributed by atoms with E-state index in [2.05, 4.69) is 26.2 Å². The number of hydrogen-bond acceptors (Lipinski definition) is 2. The highest BCUT2D eigenvalue weighted by atomic mass is 79.9. The van der Waals surface area contributed by atoms with Crippen LogP contribution in [0, 0.1) is 5.82 Å². The molecule has 1 heterocycles. The lowest BCUT2D eigenvalue weighted by Gasteiger charge is -2.09. The maximum atomic E-state index is 13.0. The van der Waals surface area contributed by atoms with Gasteiger partial charge in [0.15, 0.2) is 0 Å². The van der Waals surface area contributed by atoms with Gasteiger partial charge >= 0.3 is 0 Å². The first kappa shape index (κ1) is 14.2. The summed E-state index contributed by atoms with van der Waals surface area (Å²) >= 11 is 14.8. The summed E-state index contributed by atoms with van der Waals surface area (Å²) in [4.78, 5) is 15.9. The zero-order chi connectivity index (χ0) is 14.0. The van der Waals surface area contributed by atoms with Gasteiger partial charge in [-0.15, -0.1) is 0 Å². The Labute approximate surface area is 126 Å². The fourth-order valence-electron chi connectivity index (χ4n) is 1.36. The van der Waals surface area contributed by atoms with E-state index in [9.17, 15) is 9.18 Å². The van der Waals surface area contributed by atoms with Crippen molar-refractivity contribution in [3.8, 4) is 0 Å². The summed E-state index contributed by atoms with van der Waals surface area (Å²) in [5, 5.41) is 2.58. The molecule has 7 heteroatoms. The Morgan fingerprint density at radius 2 is 1.89 bits per heavy atom. The second-order valence-corrected chi connectivity index (χ2v) is 5.20. The molecular weight excluding hydrogens is 358 g/mol. The molecule has 0 unspecified atom stereocenters. The number of nitrogens with zero attached hydrogens (tertiary/aromatic N) is 1. The normalized spacial score (nSPS) is 10.3. The molecule has 3 nitrogen and oxygen atoms in total. The first-order chi connectivity index (χ1) is 8.97. The van der Waals surface area contributed by atoms with E-state index in [1.165, 1.54) is 6.20 Å². The van der Waals surface area contributed by atoms with Gasteiger partial charge in [0.1, 0.15) is 10.4 Å². The highest BCUT2D eigenvalue weighted by Gasteiger charge is 2.13. The number of halogens is 4. The van der Waals surface area contributed by atoms with Gasteiger partial charge in [-0.2, -0.15) is 0 Å². The van der Waals surface area contributed by atoms with E-state index >= 15 is 0 Å². The average molecular weight is 364 g/mol. The van der Waals surface area contributed by atoms with Crippen LogP contribution in [0.2, 0.25) is 10.0 Å². The zero-order valence-electron chi connectivity index (χ0n) is 9.25. The Morgan fingerprint density at radius 3 is 2.42 bits per heavy atom. The van der Waals surface area contributed by atoms with Gasteiger partial charge in [0.2, 0.25) is 0 Å². The van der Waals surface area contributed by atoms with Gasteiger partial charge in [0, 0.05) is 6.20 Å². The van der Waals surface area contributed by atoms with E-state index < -0.39 is 11.7 Å². The molecule has 0 atom stereocenters. The zero-order valence-corrected chi connectivity index (χ0v) is 12.4. The monoisotopic (exact) mass is 362 g/mol. The Kier molecular flexibility index (Phi) is 4.39. The molecule has 0 radical (unpaired) electrons. The number of rotatable bonds is 2. The molecule has 1 N–H and O–H groups in total. The third-order valence-electron chi connectivity index (χ3n) is 2.23. The number of aromatic nitrogens is 1. The van der Waals surface area contributed by atoms with E-state index in [-0.39, 0.29) is 15.7 Å². The minimum atomic E-state index is -0.571. The lowest BCUT2D eigenvalue weighted by atomic mass is 10.2. The van der Waals surface area contributed by atoms with Gasteiger partial charge in [-0.1, -0.05) is 23.2 Å².